The predicted octanol–water partition coefficient (Wildman–Crippen LogP) is 5.45. The van der Waals surface area contributed by atoms with Gasteiger partial charge in [0.25, 0.3) is 11.7 Å². The molecule has 1 atom stereocenters. The van der Waals surface area contributed by atoms with Gasteiger partial charge < -0.3 is 14.7 Å². The van der Waals surface area contributed by atoms with E-state index in [4.69, 9.17) is 4.74 Å². The maximum Gasteiger partial charge on any atom is 0.300 e. The van der Waals surface area contributed by atoms with Gasteiger partial charge in [0, 0.05) is 30.0 Å². The van der Waals surface area contributed by atoms with Crippen molar-refractivity contribution < 1.29 is 23.8 Å². The van der Waals surface area contributed by atoms with Crippen LogP contribution >= 0.6 is 0 Å². The van der Waals surface area contributed by atoms with Crippen LogP contribution in [0.2, 0.25) is 0 Å². The van der Waals surface area contributed by atoms with Crippen molar-refractivity contribution in [1.82, 2.24) is 0 Å². The summed E-state index contributed by atoms with van der Waals surface area (Å²) in [5, 5.41) is 11.3. The van der Waals surface area contributed by atoms with Crippen LogP contribution in [-0.4, -0.2) is 36.5 Å². The fourth-order valence-electron chi connectivity index (χ4n) is 4.91. The van der Waals surface area contributed by atoms with Gasteiger partial charge in [0.2, 0.25) is 0 Å². The molecule has 184 valence electrons. The Morgan fingerprint density at radius 2 is 1.64 bits per heavy atom. The molecule has 2 saturated heterocycles. The monoisotopic (exact) mass is 486 g/mol. The van der Waals surface area contributed by atoms with E-state index in [0.29, 0.717) is 29.2 Å². The van der Waals surface area contributed by atoms with E-state index in [1.807, 2.05) is 31.2 Å². The molecule has 1 amide bonds. The molecule has 36 heavy (non-hydrogen) atoms. The molecule has 0 saturated carbocycles. The number of hydrogen-bond acceptors (Lipinski definition) is 5. The second kappa shape index (κ2) is 9.85. The van der Waals surface area contributed by atoms with E-state index in [-0.39, 0.29) is 11.3 Å². The summed E-state index contributed by atoms with van der Waals surface area (Å²) < 4.78 is 19.3. The summed E-state index contributed by atoms with van der Waals surface area (Å²) in [6.45, 7) is 4.26. The van der Waals surface area contributed by atoms with Gasteiger partial charge in [-0.1, -0.05) is 24.3 Å². The van der Waals surface area contributed by atoms with Crippen molar-refractivity contribution in [2.24, 2.45) is 0 Å². The number of anilines is 2. The summed E-state index contributed by atoms with van der Waals surface area (Å²) in [5.74, 6) is -1.75. The fraction of sp³-hybridized carbons (Fsp3) is 0.241. The minimum Gasteiger partial charge on any atom is -0.507 e. The first-order valence-corrected chi connectivity index (χ1v) is 12.1. The van der Waals surface area contributed by atoms with Crippen molar-refractivity contribution in [3.05, 3.63) is 95.3 Å². The zero-order valence-corrected chi connectivity index (χ0v) is 20.0. The number of carbonyl (C=O) groups excluding carboxylic acids is 2. The molecule has 0 bridgehead atoms. The van der Waals surface area contributed by atoms with E-state index >= 15 is 0 Å². The highest BCUT2D eigenvalue weighted by atomic mass is 19.1. The number of hydrogen-bond donors (Lipinski definition) is 1. The van der Waals surface area contributed by atoms with Crippen LogP contribution in [0.1, 0.15) is 36.9 Å². The molecule has 2 aliphatic rings. The first-order valence-electron chi connectivity index (χ1n) is 12.1. The first-order chi connectivity index (χ1) is 17.5. The van der Waals surface area contributed by atoms with Crippen LogP contribution in [0.5, 0.6) is 5.75 Å². The van der Waals surface area contributed by atoms with E-state index in [1.165, 1.54) is 29.2 Å². The molecule has 3 aromatic rings. The van der Waals surface area contributed by atoms with Crippen LogP contribution in [0, 0.1) is 5.82 Å². The fourth-order valence-corrected chi connectivity index (χ4v) is 4.91. The van der Waals surface area contributed by atoms with Crippen molar-refractivity contribution in [1.29, 1.82) is 0 Å². The normalized spacial score (nSPS) is 19.2. The minimum atomic E-state index is -0.918. The molecule has 5 rings (SSSR count). The number of nitrogens with zero attached hydrogens (tertiary/aromatic N) is 2. The summed E-state index contributed by atoms with van der Waals surface area (Å²) >= 11 is 0. The molecule has 1 N–H and O–H groups in total. The van der Waals surface area contributed by atoms with Crippen LogP contribution < -0.4 is 14.5 Å². The molecule has 6 nitrogen and oxygen atoms in total. The minimum absolute atomic E-state index is 0.0520. The molecular weight excluding hydrogens is 459 g/mol. The predicted molar refractivity (Wildman–Crippen MR) is 137 cm³/mol. The largest absolute Gasteiger partial charge is 0.507 e. The summed E-state index contributed by atoms with van der Waals surface area (Å²) in [4.78, 5) is 30.3. The van der Waals surface area contributed by atoms with Gasteiger partial charge in [0.15, 0.2) is 0 Å². The maximum atomic E-state index is 13.7. The SMILES string of the molecule is CCOc1cccc(/C(O)=C2\C(=O)C(=O)N(c3ccc(N4CCCC4)cc3)C2c2ccc(F)cc2)c1. The van der Waals surface area contributed by atoms with Crippen LogP contribution in [0.3, 0.4) is 0 Å². The van der Waals surface area contributed by atoms with Gasteiger partial charge in [-0.2, -0.15) is 0 Å². The van der Waals surface area contributed by atoms with Gasteiger partial charge in [0.1, 0.15) is 17.3 Å². The number of benzene rings is 3. The number of ketones is 1. The lowest BCUT2D eigenvalue weighted by Gasteiger charge is -2.26. The highest BCUT2D eigenvalue weighted by Gasteiger charge is 2.47. The van der Waals surface area contributed by atoms with Crippen molar-refractivity contribution in [3.8, 4) is 5.75 Å². The van der Waals surface area contributed by atoms with Crippen molar-refractivity contribution in [2.45, 2.75) is 25.8 Å². The third-order valence-corrected chi connectivity index (χ3v) is 6.65. The summed E-state index contributed by atoms with van der Waals surface area (Å²) in [6, 6.07) is 18.9. The number of Topliss-reactive ketones (excluding diaryl/α,β-unsaturated/α-hetero) is 1. The molecule has 0 aromatic heterocycles. The Bertz CT molecular complexity index is 1310. The van der Waals surface area contributed by atoms with Crippen molar-refractivity contribution >= 4 is 28.8 Å². The van der Waals surface area contributed by atoms with Crippen LogP contribution in [0.15, 0.2) is 78.4 Å². The smallest absolute Gasteiger partial charge is 0.300 e. The standard InChI is InChI=1S/C29H27FN2O4/c1-2-36-24-7-5-6-20(18-24)27(33)25-26(19-8-10-21(30)11-9-19)32(29(35)28(25)34)23-14-12-22(13-15-23)31-16-3-4-17-31/h5-15,18,26,33H,2-4,16-17H2,1H3/b27-25+. The third kappa shape index (κ3) is 4.33. The molecule has 1 unspecified atom stereocenters. The molecule has 2 aliphatic heterocycles. The number of rotatable bonds is 6. The number of aliphatic hydroxyl groups excluding tert-OH is 1. The molecule has 0 radical (unpaired) electrons. The Hall–Kier alpha value is -4.13. The van der Waals surface area contributed by atoms with Gasteiger partial charge in [-0.3, -0.25) is 14.5 Å². The number of aliphatic hydroxyl groups is 1. The Balaban J connectivity index is 1.61. The first kappa shape index (κ1) is 23.6. The second-order valence-electron chi connectivity index (χ2n) is 8.89. The molecule has 0 aliphatic carbocycles. The molecule has 0 spiro atoms. The van der Waals surface area contributed by atoms with E-state index in [0.717, 1.165) is 31.6 Å². The van der Waals surface area contributed by atoms with Gasteiger partial charge in [0.05, 0.1) is 18.2 Å². The topological polar surface area (TPSA) is 70.1 Å². The van der Waals surface area contributed by atoms with Crippen LogP contribution in [-0.2, 0) is 9.59 Å². The van der Waals surface area contributed by atoms with Gasteiger partial charge in [-0.15, -0.1) is 0 Å². The highest BCUT2D eigenvalue weighted by molar-refractivity contribution is 6.51. The molecular formula is C29H27FN2O4. The Morgan fingerprint density at radius 1 is 0.972 bits per heavy atom. The van der Waals surface area contributed by atoms with E-state index in [9.17, 15) is 19.1 Å². The number of ether oxygens (including phenoxy) is 1. The van der Waals surface area contributed by atoms with Gasteiger partial charge >= 0.3 is 0 Å². The summed E-state index contributed by atoms with van der Waals surface area (Å²) in [6.07, 6.45) is 2.29. The molecule has 2 heterocycles. The maximum absolute atomic E-state index is 13.7. The van der Waals surface area contributed by atoms with E-state index in [1.54, 1.807) is 24.3 Å². The average molecular weight is 487 g/mol. The molecule has 7 heteroatoms. The Kier molecular flexibility index (Phi) is 6.46. The zero-order chi connectivity index (χ0) is 25.2. The lowest BCUT2D eigenvalue weighted by atomic mass is 9.95. The second-order valence-corrected chi connectivity index (χ2v) is 8.89. The lowest BCUT2D eigenvalue weighted by Crippen LogP contribution is -2.29. The number of halogens is 1. The Labute approximate surface area is 209 Å². The summed E-state index contributed by atoms with van der Waals surface area (Å²) in [7, 11) is 0. The molecule has 2 fully saturated rings. The quantitative estimate of drug-likeness (QED) is 0.285. The third-order valence-electron chi connectivity index (χ3n) is 6.65. The van der Waals surface area contributed by atoms with Crippen LogP contribution in [0.4, 0.5) is 15.8 Å². The number of carbonyl (C=O) groups is 2. The number of amides is 1. The highest BCUT2D eigenvalue weighted by Crippen LogP contribution is 2.42. The van der Waals surface area contributed by atoms with Gasteiger partial charge in [-0.25, -0.2) is 4.39 Å². The zero-order valence-electron chi connectivity index (χ0n) is 20.0. The Morgan fingerprint density at radius 3 is 2.31 bits per heavy atom. The average Bonchev–Trinajstić information content (AvgIpc) is 3.52. The van der Waals surface area contributed by atoms with E-state index in [2.05, 4.69) is 4.90 Å². The van der Waals surface area contributed by atoms with E-state index < -0.39 is 23.5 Å². The van der Waals surface area contributed by atoms with Crippen molar-refractivity contribution in [3.63, 3.8) is 0 Å². The van der Waals surface area contributed by atoms with Crippen LogP contribution in [0.25, 0.3) is 5.76 Å². The van der Waals surface area contributed by atoms with Crippen molar-refractivity contribution in [2.75, 3.05) is 29.5 Å². The molecule has 3 aromatic carbocycles. The van der Waals surface area contributed by atoms with Gasteiger partial charge in [-0.05, 0) is 73.9 Å². The summed E-state index contributed by atoms with van der Waals surface area (Å²) in [5.41, 5.74) is 2.40. The lowest BCUT2D eigenvalue weighted by molar-refractivity contribution is -0.132.